The van der Waals surface area contributed by atoms with Gasteiger partial charge >= 0.3 is 6.18 Å². The second-order valence-electron chi connectivity index (χ2n) is 9.67. The molecule has 0 radical (unpaired) electrons. The third-order valence-corrected chi connectivity index (χ3v) is 6.82. The van der Waals surface area contributed by atoms with E-state index in [0.29, 0.717) is 16.8 Å². The van der Waals surface area contributed by atoms with Gasteiger partial charge in [-0.2, -0.15) is 13.2 Å². The maximum atomic E-state index is 13.5. The number of nitrogens with one attached hydrogen (secondary N) is 1. The average Bonchev–Trinajstić information content (AvgIpc) is 2.76. The van der Waals surface area contributed by atoms with Crippen molar-refractivity contribution in [3.05, 3.63) is 64.7 Å². The molecule has 0 aromatic heterocycles. The highest BCUT2D eigenvalue weighted by molar-refractivity contribution is 7.92. The highest BCUT2D eigenvalue weighted by Gasteiger charge is 2.35. The molecule has 0 heterocycles. The molecule has 1 atom stereocenters. The van der Waals surface area contributed by atoms with Crippen LogP contribution >= 0.6 is 11.6 Å². The summed E-state index contributed by atoms with van der Waals surface area (Å²) in [7, 11) is -4.24. The monoisotopic (exact) mass is 561 g/mol. The maximum Gasteiger partial charge on any atom is 0.416 e. The maximum absolute atomic E-state index is 13.5. The third kappa shape index (κ3) is 8.92. The minimum absolute atomic E-state index is 0.0650. The first-order valence-corrected chi connectivity index (χ1v) is 13.6. The molecule has 0 spiro atoms. The fraction of sp³-hybridized carbons (Fsp3) is 0.440. The Morgan fingerprint density at radius 3 is 2.16 bits per heavy atom. The molecule has 0 aliphatic heterocycles. The van der Waals surface area contributed by atoms with E-state index in [1.54, 1.807) is 20.8 Å². The third-order valence-electron chi connectivity index (χ3n) is 5.37. The molecule has 12 heteroatoms. The van der Waals surface area contributed by atoms with Gasteiger partial charge in [-0.05, 0) is 57.9 Å². The predicted molar refractivity (Wildman–Crippen MR) is 138 cm³/mol. The minimum Gasteiger partial charge on any atom is -0.350 e. The summed E-state index contributed by atoms with van der Waals surface area (Å²) >= 11 is 6.07. The Bertz CT molecular complexity index is 1220. The molecule has 0 fully saturated rings. The zero-order chi connectivity index (χ0) is 28.2. The number of amides is 2. The van der Waals surface area contributed by atoms with Crippen molar-refractivity contribution in [1.29, 1.82) is 0 Å². The number of anilines is 1. The smallest absolute Gasteiger partial charge is 0.350 e. The van der Waals surface area contributed by atoms with E-state index in [9.17, 15) is 31.2 Å². The molecule has 7 nitrogen and oxygen atoms in total. The summed E-state index contributed by atoms with van der Waals surface area (Å²) in [4.78, 5) is 27.6. The molecule has 2 aromatic rings. The SMILES string of the molecule is C[C@H](C(=O)NC(C)(C)C)N(CCc1ccccc1)C(=O)CN(c1cc(C(F)(F)F)ccc1Cl)S(C)(=O)=O. The first-order chi connectivity index (χ1) is 16.9. The van der Waals surface area contributed by atoms with Crippen LogP contribution in [0, 0.1) is 0 Å². The fourth-order valence-corrected chi connectivity index (χ4v) is 4.64. The number of carbonyl (C=O) groups excluding carboxylic acids is 2. The van der Waals surface area contributed by atoms with Crippen LogP contribution in [0.4, 0.5) is 18.9 Å². The van der Waals surface area contributed by atoms with Gasteiger partial charge in [0.1, 0.15) is 12.6 Å². The van der Waals surface area contributed by atoms with Crippen molar-refractivity contribution in [2.75, 3.05) is 23.7 Å². The van der Waals surface area contributed by atoms with Gasteiger partial charge in [-0.25, -0.2) is 8.42 Å². The molecule has 0 bridgehead atoms. The molecule has 2 rings (SSSR count). The van der Waals surface area contributed by atoms with E-state index < -0.39 is 57.4 Å². The highest BCUT2D eigenvalue weighted by atomic mass is 35.5. The van der Waals surface area contributed by atoms with Gasteiger partial charge in [-0.15, -0.1) is 0 Å². The van der Waals surface area contributed by atoms with Crippen LogP contribution < -0.4 is 9.62 Å². The standard InChI is InChI=1S/C25H31ClF3N3O4S/c1-17(23(34)30-24(2,3)4)31(14-13-18-9-7-6-8-10-18)22(33)16-32(37(5,35)36)21-15-19(25(27,28)29)11-12-20(21)26/h6-12,15,17H,13-14,16H2,1-5H3,(H,30,34)/t17-/m1/s1. The van der Waals surface area contributed by atoms with Gasteiger partial charge in [0.25, 0.3) is 0 Å². The lowest BCUT2D eigenvalue weighted by Crippen LogP contribution is -2.55. The molecule has 2 aromatic carbocycles. The number of sulfonamides is 1. The van der Waals surface area contributed by atoms with Crippen LogP contribution in [0.5, 0.6) is 0 Å². The van der Waals surface area contributed by atoms with Gasteiger partial charge in [0.15, 0.2) is 0 Å². The van der Waals surface area contributed by atoms with Crippen LogP contribution in [0.25, 0.3) is 0 Å². The van der Waals surface area contributed by atoms with E-state index in [4.69, 9.17) is 11.6 Å². The summed E-state index contributed by atoms with van der Waals surface area (Å²) in [5.41, 5.74) is -1.32. The molecule has 1 N–H and O–H groups in total. The Kier molecular flexibility index (Phi) is 9.64. The summed E-state index contributed by atoms with van der Waals surface area (Å²) in [6.07, 6.45) is -3.63. The van der Waals surface area contributed by atoms with Crippen molar-refractivity contribution in [3.63, 3.8) is 0 Å². The van der Waals surface area contributed by atoms with Crippen LogP contribution in [0.2, 0.25) is 5.02 Å². The van der Waals surface area contributed by atoms with Gasteiger partial charge < -0.3 is 10.2 Å². The molecular weight excluding hydrogens is 531 g/mol. The van der Waals surface area contributed by atoms with Gasteiger partial charge in [0, 0.05) is 12.1 Å². The Balaban J connectivity index is 2.44. The van der Waals surface area contributed by atoms with E-state index in [1.807, 2.05) is 30.3 Å². The highest BCUT2D eigenvalue weighted by Crippen LogP contribution is 2.36. The molecule has 0 aliphatic carbocycles. The topological polar surface area (TPSA) is 86.8 Å². The van der Waals surface area contributed by atoms with Gasteiger partial charge in [-0.1, -0.05) is 41.9 Å². The molecule has 204 valence electrons. The van der Waals surface area contributed by atoms with Crippen LogP contribution in [0.1, 0.15) is 38.8 Å². The number of alkyl halides is 3. The van der Waals surface area contributed by atoms with E-state index in [0.717, 1.165) is 24.0 Å². The van der Waals surface area contributed by atoms with Crippen LogP contribution in [0.15, 0.2) is 48.5 Å². The minimum atomic E-state index is -4.76. The predicted octanol–water partition coefficient (Wildman–Crippen LogP) is 4.50. The molecule has 0 saturated carbocycles. The fourth-order valence-electron chi connectivity index (χ4n) is 3.52. The average molecular weight is 562 g/mol. The normalized spacial score (nSPS) is 13.1. The van der Waals surface area contributed by atoms with Crippen molar-refractivity contribution in [3.8, 4) is 0 Å². The van der Waals surface area contributed by atoms with Crippen LogP contribution in [0.3, 0.4) is 0 Å². The summed E-state index contributed by atoms with van der Waals surface area (Å²) in [5, 5.41) is 2.51. The van der Waals surface area contributed by atoms with E-state index in [2.05, 4.69) is 5.32 Å². The lowest BCUT2D eigenvalue weighted by Gasteiger charge is -2.33. The second kappa shape index (κ2) is 11.7. The van der Waals surface area contributed by atoms with Crippen molar-refractivity contribution < 1.29 is 31.2 Å². The second-order valence-corrected chi connectivity index (χ2v) is 12.0. The van der Waals surface area contributed by atoms with Crippen molar-refractivity contribution >= 4 is 39.1 Å². The Morgan fingerprint density at radius 1 is 1.05 bits per heavy atom. The zero-order valence-electron chi connectivity index (χ0n) is 21.3. The lowest BCUT2D eigenvalue weighted by molar-refractivity contribution is -0.139. The van der Waals surface area contributed by atoms with Gasteiger partial charge in [-0.3, -0.25) is 13.9 Å². The molecule has 2 amide bonds. The molecule has 37 heavy (non-hydrogen) atoms. The number of hydrogen-bond donors (Lipinski definition) is 1. The summed E-state index contributed by atoms with van der Waals surface area (Å²) in [6.45, 7) is 6.04. The first kappa shape index (κ1) is 30.4. The number of hydrogen-bond acceptors (Lipinski definition) is 4. The van der Waals surface area contributed by atoms with Crippen molar-refractivity contribution in [2.45, 2.75) is 51.9 Å². The van der Waals surface area contributed by atoms with Crippen molar-refractivity contribution in [2.24, 2.45) is 0 Å². The summed E-state index contributed by atoms with van der Waals surface area (Å²) < 4.78 is 65.7. The van der Waals surface area contributed by atoms with E-state index in [1.165, 1.54) is 11.8 Å². The Morgan fingerprint density at radius 2 is 1.65 bits per heavy atom. The van der Waals surface area contributed by atoms with Gasteiger partial charge in [0.2, 0.25) is 21.8 Å². The van der Waals surface area contributed by atoms with E-state index >= 15 is 0 Å². The number of nitrogens with zero attached hydrogens (tertiary/aromatic N) is 2. The number of halogens is 4. The first-order valence-electron chi connectivity index (χ1n) is 11.4. The number of benzene rings is 2. The quantitative estimate of drug-likeness (QED) is 0.488. The molecule has 0 unspecified atom stereocenters. The molecule has 0 saturated heterocycles. The molecule has 0 aliphatic rings. The Labute approximate surface area is 220 Å². The lowest BCUT2D eigenvalue weighted by atomic mass is 10.1. The number of carbonyl (C=O) groups is 2. The molecular formula is C25H31ClF3N3O4S. The summed E-state index contributed by atoms with van der Waals surface area (Å²) in [6, 6.07) is 10.4. The Hall–Kier alpha value is -2.79. The largest absolute Gasteiger partial charge is 0.416 e. The van der Waals surface area contributed by atoms with Crippen LogP contribution in [-0.2, 0) is 32.2 Å². The van der Waals surface area contributed by atoms with Crippen molar-refractivity contribution in [1.82, 2.24) is 10.2 Å². The van der Waals surface area contributed by atoms with Gasteiger partial charge in [0.05, 0.1) is 22.5 Å². The van der Waals surface area contributed by atoms with Crippen LogP contribution in [-0.4, -0.2) is 56.1 Å². The van der Waals surface area contributed by atoms with E-state index in [-0.39, 0.29) is 11.6 Å². The number of rotatable bonds is 9. The summed E-state index contributed by atoms with van der Waals surface area (Å²) in [5.74, 6) is -1.23. The zero-order valence-corrected chi connectivity index (χ0v) is 22.8.